The number of aryl methyl sites for hydroxylation is 2. The number of anilines is 1. The van der Waals surface area contributed by atoms with Gasteiger partial charge in [0, 0.05) is 6.54 Å². The van der Waals surface area contributed by atoms with Gasteiger partial charge in [-0.15, -0.1) is 0 Å². The molecule has 0 aliphatic heterocycles. The number of halogens is 1. The molecule has 25 heavy (non-hydrogen) atoms. The second-order valence-corrected chi connectivity index (χ2v) is 8.17. The minimum absolute atomic E-state index is 0.138. The molecule has 0 saturated heterocycles. The molecule has 1 amide bonds. The van der Waals surface area contributed by atoms with Crippen LogP contribution in [-0.4, -0.2) is 33.7 Å². The van der Waals surface area contributed by atoms with Crippen molar-refractivity contribution in [2.75, 3.05) is 23.7 Å². The Labute approximate surface area is 153 Å². The summed E-state index contributed by atoms with van der Waals surface area (Å²) in [6.07, 6.45) is 1.16. The molecule has 0 aliphatic carbocycles. The van der Waals surface area contributed by atoms with Gasteiger partial charge in [-0.3, -0.25) is 9.10 Å². The summed E-state index contributed by atoms with van der Waals surface area (Å²) >= 11 is 6.00. The average molecular weight is 381 g/mol. The van der Waals surface area contributed by atoms with Crippen LogP contribution < -0.4 is 9.62 Å². The molecule has 2 aromatic rings. The summed E-state index contributed by atoms with van der Waals surface area (Å²) in [6, 6.07) is 12.4. The molecule has 0 bridgehead atoms. The topological polar surface area (TPSA) is 66.5 Å². The van der Waals surface area contributed by atoms with Gasteiger partial charge in [0.1, 0.15) is 0 Å². The Bertz CT molecular complexity index is 882. The van der Waals surface area contributed by atoms with Gasteiger partial charge in [0.05, 0.1) is 29.1 Å². The second-order valence-electron chi connectivity index (χ2n) is 5.86. The number of nitrogens with zero attached hydrogens (tertiary/aromatic N) is 1. The Kier molecular flexibility index (Phi) is 6.08. The van der Waals surface area contributed by atoms with Crippen LogP contribution in [0.1, 0.15) is 21.5 Å². The Morgan fingerprint density at radius 3 is 2.48 bits per heavy atom. The van der Waals surface area contributed by atoms with E-state index in [0.717, 1.165) is 17.4 Å². The summed E-state index contributed by atoms with van der Waals surface area (Å²) in [7, 11) is -3.47. The van der Waals surface area contributed by atoms with Crippen LogP contribution in [0.25, 0.3) is 0 Å². The molecule has 1 N–H and O–H groups in total. The summed E-state index contributed by atoms with van der Waals surface area (Å²) < 4.78 is 25.7. The van der Waals surface area contributed by atoms with Crippen molar-refractivity contribution >= 4 is 33.2 Å². The zero-order valence-electron chi connectivity index (χ0n) is 14.4. The number of amides is 1. The number of sulfonamides is 1. The van der Waals surface area contributed by atoms with Gasteiger partial charge in [0.15, 0.2) is 0 Å². The van der Waals surface area contributed by atoms with E-state index in [2.05, 4.69) is 5.32 Å². The number of nitrogens with one attached hydrogen (secondary N) is 1. The molecule has 0 fully saturated rings. The minimum Gasteiger partial charge on any atom is -0.350 e. The third-order valence-electron chi connectivity index (χ3n) is 3.75. The van der Waals surface area contributed by atoms with Crippen molar-refractivity contribution in [1.29, 1.82) is 0 Å². The Balaban J connectivity index is 2.13. The number of hydrogen-bond acceptors (Lipinski definition) is 3. The molecular formula is C18H21ClN2O3S. The Hall–Kier alpha value is -2.05. The van der Waals surface area contributed by atoms with Gasteiger partial charge in [0.2, 0.25) is 10.0 Å². The van der Waals surface area contributed by atoms with Crippen LogP contribution in [0, 0.1) is 13.8 Å². The van der Waals surface area contributed by atoms with Crippen molar-refractivity contribution in [3.05, 3.63) is 64.2 Å². The smallest absolute Gasteiger partial charge is 0.252 e. The van der Waals surface area contributed by atoms with E-state index in [4.69, 9.17) is 11.6 Å². The van der Waals surface area contributed by atoms with Crippen molar-refractivity contribution in [1.82, 2.24) is 5.32 Å². The fourth-order valence-corrected chi connectivity index (χ4v) is 3.66. The number of hydrogen-bond donors (Lipinski definition) is 1. The van der Waals surface area contributed by atoms with Gasteiger partial charge in [0.25, 0.3) is 5.91 Å². The van der Waals surface area contributed by atoms with E-state index in [1.165, 1.54) is 4.31 Å². The largest absolute Gasteiger partial charge is 0.350 e. The fraction of sp³-hybridized carbons (Fsp3) is 0.278. The van der Waals surface area contributed by atoms with Crippen LogP contribution in [0.4, 0.5) is 5.69 Å². The van der Waals surface area contributed by atoms with Gasteiger partial charge in [-0.05, 0) is 43.2 Å². The fourth-order valence-electron chi connectivity index (χ4n) is 2.46. The maximum atomic E-state index is 12.2. The van der Waals surface area contributed by atoms with Crippen molar-refractivity contribution in [3.63, 3.8) is 0 Å². The van der Waals surface area contributed by atoms with Crippen LogP contribution in [0.5, 0.6) is 0 Å². The van der Waals surface area contributed by atoms with Crippen LogP contribution in [0.15, 0.2) is 42.5 Å². The van der Waals surface area contributed by atoms with Gasteiger partial charge < -0.3 is 5.32 Å². The minimum atomic E-state index is -3.47. The van der Waals surface area contributed by atoms with Crippen LogP contribution in [0.2, 0.25) is 5.02 Å². The molecule has 0 unspecified atom stereocenters. The molecule has 0 atom stereocenters. The maximum absolute atomic E-state index is 12.2. The van der Waals surface area contributed by atoms with Crippen molar-refractivity contribution in [2.45, 2.75) is 13.8 Å². The summed E-state index contributed by atoms with van der Waals surface area (Å²) in [5.74, 6) is -0.333. The lowest BCUT2D eigenvalue weighted by atomic mass is 10.1. The summed E-state index contributed by atoms with van der Waals surface area (Å²) in [4.78, 5) is 12.2. The standard InChI is InChI=1S/C18H21ClN2O3S/c1-13-8-9-14(2)17(12-13)21(25(3,23)24)11-10-20-18(22)15-6-4-5-7-16(15)19/h4-9,12H,10-11H2,1-3H3,(H,20,22). The average Bonchev–Trinajstić information content (AvgIpc) is 2.53. The molecule has 7 heteroatoms. The third kappa shape index (κ3) is 4.96. The molecule has 5 nitrogen and oxygen atoms in total. The zero-order valence-corrected chi connectivity index (χ0v) is 16.0. The van der Waals surface area contributed by atoms with Crippen molar-refractivity contribution in [3.8, 4) is 0 Å². The molecular weight excluding hydrogens is 360 g/mol. The Morgan fingerprint density at radius 2 is 1.84 bits per heavy atom. The van der Waals surface area contributed by atoms with E-state index in [9.17, 15) is 13.2 Å². The molecule has 0 aromatic heterocycles. The Morgan fingerprint density at radius 1 is 1.16 bits per heavy atom. The lowest BCUT2D eigenvalue weighted by Gasteiger charge is -2.24. The number of carbonyl (C=O) groups is 1. The van der Waals surface area contributed by atoms with E-state index < -0.39 is 10.0 Å². The highest BCUT2D eigenvalue weighted by atomic mass is 35.5. The number of carbonyl (C=O) groups excluding carboxylic acids is 1. The monoisotopic (exact) mass is 380 g/mol. The van der Waals surface area contributed by atoms with E-state index in [0.29, 0.717) is 16.3 Å². The first-order valence-corrected chi connectivity index (χ1v) is 10.0. The van der Waals surface area contributed by atoms with E-state index in [1.807, 2.05) is 32.0 Å². The quantitative estimate of drug-likeness (QED) is 0.837. The predicted molar refractivity (Wildman–Crippen MR) is 102 cm³/mol. The molecule has 2 rings (SSSR count). The third-order valence-corrected chi connectivity index (χ3v) is 5.26. The molecule has 0 radical (unpaired) electrons. The summed E-state index contributed by atoms with van der Waals surface area (Å²) in [5.41, 5.74) is 2.80. The first-order chi connectivity index (χ1) is 11.7. The van der Waals surface area contributed by atoms with Crippen LogP contribution in [0.3, 0.4) is 0 Å². The van der Waals surface area contributed by atoms with Gasteiger partial charge in [-0.25, -0.2) is 8.42 Å². The number of rotatable bonds is 6. The van der Waals surface area contributed by atoms with Gasteiger partial charge in [-0.2, -0.15) is 0 Å². The first kappa shape index (κ1) is 19.3. The summed E-state index contributed by atoms with van der Waals surface area (Å²) in [6.45, 7) is 4.07. The summed E-state index contributed by atoms with van der Waals surface area (Å²) in [5, 5.41) is 3.07. The van der Waals surface area contributed by atoms with Crippen LogP contribution in [-0.2, 0) is 10.0 Å². The molecule has 0 spiro atoms. The highest BCUT2D eigenvalue weighted by Crippen LogP contribution is 2.23. The predicted octanol–water partition coefficient (Wildman–Crippen LogP) is 3.15. The van der Waals surface area contributed by atoms with Crippen LogP contribution >= 0.6 is 11.6 Å². The highest BCUT2D eigenvalue weighted by molar-refractivity contribution is 7.92. The van der Waals surface area contributed by atoms with E-state index in [1.54, 1.807) is 24.3 Å². The first-order valence-electron chi connectivity index (χ1n) is 7.78. The zero-order chi connectivity index (χ0) is 18.6. The van der Waals surface area contributed by atoms with Crippen molar-refractivity contribution in [2.24, 2.45) is 0 Å². The molecule has 0 heterocycles. The highest BCUT2D eigenvalue weighted by Gasteiger charge is 2.19. The van der Waals surface area contributed by atoms with Gasteiger partial charge >= 0.3 is 0 Å². The molecule has 134 valence electrons. The SMILES string of the molecule is Cc1ccc(C)c(N(CCNC(=O)c2ccccc2Cl)S(C)(=O)=O)c1. The van der Waals surface area contributed by atoms with Crippen molar-refractivity contribution < 1.29 is 13.2 Å². The molecule has 0 saturated carbocycles. The van der Waals surface area contributed by atoms with E-state index >= 15 is 0 Å². The van der Waals surface area contributed by atoms with E-state index in [-0.39, 0.29) is 19.0 Å². The van der Waals surface area contributed by atoms with Gasteiger partial charge in [-0.1, -0.05) is 35.9 Å². The maximum Gasteiger partial charge on any atom is 0.252 e. The molecule has 2 aromatic carbocycles. The molecule has 0 aliphatic rings. The number of benzene rings is 2. The second kappa shape index (κ2) is 7.89. The normalized spacial score (nSPS) is 11.2. The lowest BCUT2D eigenvalue weighted by Crippen LogP contribution is -2.38. The lowest BCUT2D eigenvalue weighted by molar-refractivity contribution is 0.0955.